The zero-order valence-corrected chi connectivity index (χ0v) is 14.1. The van der Waals surface area contributed by atoms with E-state index in [1.54, 1.807) is 19.2 Å². The summed E-state index contributed by atoms with van der Waals surface area (Å²) in [4.78, 5) is 18.6. The van der Waals surface area contributed by atoms with Crippen molar-refractivity contribution >= 4 is 17.2 Å². The fourth-order valence-electron chi connectivity index (χ4n) is 2.70. The van der Waals surface area contributed by atoms with Crippen LogP contribution in [-0.2, 0) is 11.3 Å². The first-order valence-electron chi connectivity index (χ1n) is 7.68. The normalized spacial score (nSPS) is 18.3. The Labute approximate surface area is 139 Å². The molecule has 2 heterocycles. The van der Waals surface area contributed by atoms with Crippen LogP contribution in [0.1, 0.15) is 28.1 Å². The summed E-state index contributed by atoms with van der Waals surface area (Å²) in [6, 6.07) is 7.15. The van der Waals surface area contributed by atoms with Crippen molar-refractivity contribution in [1.82, 2.24) is 4.57 Å². The molecule has 2 aromatic rings. The van der Waals surface area contributed by atoms with Crippen LogP contribution in [0, 0.1) is 6.92 Å². The van der Waals surface area contributed by atoms with Crippen LogP contribution >= 0.6 is 11.3 Å². The summed E-state index contributed by atoms with van der Waals surface area (Å²) in [7, 11) is 1.55. The number of carbonyl (C=O) groups is 1. The molecule has 1 unspecified atom stereocenters. The van der Waals surface area contributed by atoms with Crippen LogP contribution in [0.4, 0.5) is 0 Å². The smallest absolute Gasteiger partial charge is 0.283 e. The van der Waals surface area contributed by atoms with E-state index >= 15 is 0 Å². The molecule has 0 spiro atoms. The van der Waals surface area contributed by atoms with Crippen LogP contribution in [0.3, 0.4) is 0 Å². The molecule has 1 aliphatic rings. The van der Waals surface area contributed by atoms with Crippen molar-refractivity contribution < 1.29 is 14.3 Å². The van der Waals surface area contributed by atoms with Gasteiger partial charge in [0, 0.05) is 17.7 Å². The van der Waals surface area contributed by atoms with Gasteiger partial charge in [-0.15, -0.1) is 11.3 Å². The van der Waals surface area contributed by atoms with Crippen LogP contribution in [0.15, 0.2) is 35.5 Å². The van der Waals surface area contributed by atoms with Crippen molar-refractivity contribution in [2.75, 3.05) is 13.7 Å². The van der Waals surface area contributed by atoms with Gasteiger partial charge < -0.3 is 14.0 Å². The van der Waals surface area contributed by atoms with Crippen LogP contribution in [0.5, 0.6) is 5.75 Å². The second-order valence-corrected chi connectivity index (χ2v) is 6.74. The molecule has 0 aliphatic carbocycles. The lowest BCUT2D eigenvalue weighted by molar-refractivity contribution is 0.0949. The van der Waals surface area contributed by atoms with Crippen molar-refractivity contribution in [3.8, 4) is 5.75 Å². The van der Waals surface area contributed by atoms with Crippen molar-refractivity contribution in [3.05, 3.63) is 45.7 Å². The molecule has 1 aromatic carbocycles. The number of amides is 1. The van der Waals surface area contributed by atoms with E-state index in [-0.39, 0.29) is 12.0 Å². The lowest BCUT2D eigenvalue weighted by atomic mass is 10.2. The van der Waals surface area contributed by atoms with Gasteiger partial charge in [-0.2, -0.15) is 4.99 Å². The highest BCUT2D eigenvalue weighted by Gasteiger charge is 2.17. The first-order valence-corrected chi connectivity index (χ1v) is 8.49. The molecule has 0 N–H and O–H groups in total. The van der Waals surface area contributed by atoms with E-state index in [1.165, 1.54) is 11.3 Å². The van der Waals surface area contributed by atoms with Crippen LogP contribution < -0.4 is 9.54 Å². The number of hydrogen-bond donors (Lipinski definition) is 0. The van der Waals surface area contributed by atoms with Crippen molar-refractivity contribution in [1.29, 1.82) is 0 Å². The minimum Gasteiger partial charge on any atom is -0.496 e. The SMILES string of the molecule is COc1ccccc1C(=O)N=c1sc(C)cn1CC1CCCO1. The molecular weight excluding hydrogens is 312 g/mol. The summed E-state index contributed by atoms with van der Waals surface area (Å²) in [6.45, 7) is 3.58. The van der Waals surface area contributed by atoms with Gasteiger partial charge in [0.05, 0.1) is 25.3 Å². The summed E-state index contributed by atoms with van der Waals surface area (Å²) < 4.78 is 12.9. The molecule has 1 amide bonds. The molecule has 1 aliphatic heterocycles. The first-order chi connectivity index (χ1) is 11.2. The van der Waals surface area contributed by atoms with Crippen LogP contribution in [0.25, 0.3) is 0 Å². The average molecular weight is 332 g/mol. The van der Waals surface area contributed by atoms with E-state index in [0.717, 1.165) is 30.9 Å². The molecule has 1 aromatic heterocycles. The minimum absolute atomic E-state index is 0.212. The summed E-state index contributed by atoms with van der Waals surface area (Å²) >= 11 is 1.51. The van der Waals surface area contributed by atoms with E-state index in [9.17, 15) is 4.79 Å². The molecule has 23 heavy (non-hydrogen) atoms. The predicted molar refractivity (Wildman–Crippen MR) is 88.9 cm³/mol. The maximum atomic E-state index is 12.5. The number of para-hydroxylation sites is 1. The highest BCUT2D eigenvalue weighted by atomic mass is 32.1. The molecule has 1 fully saturated rings. The number of ether oxygens (including phenoxy) is 2. The third-order valence-electron chi connectivity index (χ3n) is 3.79. The van der Waals surface area contributed by atoms with Crippen molar-refractivity contribution in [2.24, 2.45) is 4.99 Å². The number of rotatable bonds is 4. The van der Waals surface area contributed by atoms with E-state index in [4.69, 9.17) is 9.47 Å². The number of thiazole rings is 1. The van der Waals surface area contributed by atoms with Crippen molar-refractivity contribution in [3.63, 3.8) is 0 Å². The number of benzene rings is 1. The van der Waals surface area contributed by atoms with Crippen LogP contribution in [-0.4, -0.2) is 30.3 Å². The highest BCUT2D eigenvalue weighted by molar-refractivity contribution is 7.09. The van der Waals surface area contributed by atoms with E-state index in [0.29, 0.717) is 16.1 Å². The molecule has 1 atom stereocenters. The van der Waals surface area contributed by atoms with Gasteiger partial charge in [-0.3, -0.25) is 4.79 Å². The summed E-state index contributed by atoms with van der Waals surface area (Å²) in [5, 5.41) is 0. The molecule has 0 bridgehead atoms. The number of aryl methyl sites for hydroxylation is 1. The Balaban J connectivity index is 1.90. The third kappa shape index (κ3) is 3.71. The lowest BCUT2D eigenvalue weighted by Gasteiger charge is -2.10. The number of methoxy groups -OCH3 is 1. The fraction of sp³-hybridized carbons (Fsp3) is 0.412. The summed E-state index contributed by atoms with van der Waals surface area (Å²) in [5.74, 6) is 0.255. The quantitative estimate of drug-likeness (QED) is 0.865. The molecule has 3 rings (SSSR count). The molecular formula is C17H20N2O3S. The van der Waals surface area contributed by atoms with Crippen molar-refractivity contribution in [2.45, 2.75) is 32.4 Å². The topological polar surface area (TPSA) is 52.8 Å². The second kappa shape index (κ2) is 7.10. The molecule has 5 nitrogen and oxygen atoms in total. The van der Waals surface area contributed by atoms with Gasteiger partial charge in [0.2, 0.25) is 0 Å². The Morgan fingerprint density at radius 1 is 1.48 bits per heavy atom. The Kier molecular flexibility index (Phi) is 4.93. The number of nitrogens with zero attached hydrogens (tertiary/aromatic N) is 2. The van der Waals surface area contributed by atoms with E-state index < -0.39 is 0 Å². The maximum absolute atomic E-state index is 12.5. The molecule has 122 valence electrons. The lowest BCUT2D eigenvalue weighted by Crippen LogP contribution is -2.23. The van der Waals surface area contributed by atoms with Gasteiger partial charge in [0.1, 0.15) is 5.75 Å². The Morgan fingerprint density at radius 3 is 3.04 bits per heavy atom. The van der Waals surface area contributed by atoms with Gasteiger partial charge in [0.25, 0.3) is 5.91 Å². The molecule has 6 heteroatoms. The molecule has 1 saturated heterocycles. The minimum atomic E-state index is -0.287. The van der Waals surface area contributed by atoms with Gasteiger partial charge >= 0.3 is 0 Å². The zero-order valence-electron chi connectivity index (χ0n) is 13.3. The van der Waals surface area contributed by atoms with E-state index in [2.05, 4.69) is 4.99 Å². The maximum Gasteiger partial charge on any atom is 0.283 e. The monoisotopic (exact) mass is 332 g/mol. The number of aromatic nitrogens is 1. The highest BCUT2D eigenvalue weighted by Crippen LogP contribution is 2.18. The summed E-state index contributed by atoms with van der Waals surface area (Å²) in [5.41, 5.74) is 0.477. The summed E-state index contributed by atoms with van der Waals surface area (Å²) in [6.07, 6.45) is 4.40. The number of hydrogen-bond acceptors (Lipinski definition) is 4. The predicted octanol–water partition coefficient (Wildman–Crippen LogP) is 2.79. The Bertz CT molecular complexity index is 757. The molecule has 0 saturated carbocycles. The largest absolute Gasteiger partial charge is 0.496 e. The third-order valence-corrected chi connectivity index (χ3v) is 4.73. The van der Waals surface area contributed by atoms with Gasteiger partial charge in [-0.25, -0.2) is 0 Å². The van der Waals surface area contributed by atoms with Gasteiger partial charge in [-0.05, 0) is 31.9 Å². The average Bonchev–Trinajstić information content (AvgIpc) is 3.17. The fourth-order valence-corrected chi connectivity index (χ4v) is 3.54. The standard InChI is InChI=1S/C17H20N2O3S/c1-12-10-19(11-13-6-5-9-22-13)17(23-12)18-16(20)14-7-3-4-8-15(14)21-2/h3-4,7-8,10,13H,5-6,9,11H2,1-2H3. The van der Waals surface area contributed by atoms with Gasteiger partial charge in [-0.1, -0.05) is 12.1 Å². The zero-order chi connectivity index (χ0) is 16.2. The number of carbonyl (C=O) groups excluding carboxylic acids is 1. The Hall–Kier alpha value is -1.92. The van der Waals surface area contributed by atoms with E-state index in [1.807, 2.05) is 29.8 Å². The first kappa shape index (κ1) is 16.0. The second-order valence-electron chi connectivity index (χ2n) is 5.53. The Morgan fingerprint density at radius 2 is 2.30 bits per heavy atom. The molecule has 0 radical (unpaired) electrons. The van der Waals surface area contributed by atoms with Gasteiger partial charge in [0.15, 0.2) is 4.80 Å². The van der Waals surface area contributed by atoms with Crippen LogP contribution in [0.2, 0.25) is 0 Å².